The van der Waals surface area contributed by atoms with E-state index in [9.17, 15) is 20.1 Å². The van der Waals surface area contributed by atoms with Gasteiger partial charge < -0.3 is 18.9 Å². The second-order valence-electron chi connectivity index (χ2n) is 11.7. The van der Waals surface area contributed by atoms with Gasteiger partial charge in [-0.1, -0.05) is 101 Å². The van der Waals surface area contributed by atoms with Crippen LogP contribution < -0.4 is 9.47 Å². The number of aryl methyl sites for hydroxylation is 1. The molecule has 0 N–H and O–H groups in total. The van der Waals surface area contributed by atoms with Gasteiger partial charge in [-0.2, -0.15) is 10.5 Å². The topological polar surface area (TPSA) is 119 Å². The molecule has 0 amide bonds. The predicted octanol–water partition coefficient (Wildman–Crippen LogP) is 10.4. The molecule has 1 aromatic carbocycles. The van der Waals surface area contributed by atoms with Gasteiger partial charge >= 0.3 is 11.9 Å². The van der Waals surface area contributed by atoms with E-state index in [0.29, 0.717) is 43.5 Å². The number of hydrogen-bond acceptors (Lipinski definition) is 10. The number of hydrogen-bond donors (Lipinski definition) is 0. The Morgan fingerprint density at radius 3 is 1.53 bits per heavy atom. The van der Waals surface area contributed by atoms with Crippen LogP contribution in [0, 0.1) is 29.6 Å². The monoisotopic (exact) mass is 686 g/mol. The Bertz CT molecular complexity index is 1200. The fraction of sp³-hybridized carbons (Fsp3) is 0.676. The van der Waals surface area contributed by atoms with Crippen LogP contribution in [0.25, 0.3) is 0 Å². The minimum absolute atomic E-state index is 0.0921. The number of benzene rings is 1. The largest absolute Gasteiger partial charge is 0.492 e. The maximum Gasteiger partial charge on any atom is 0.305 e. The molecule has 0 spiro atoms. The van der Waals surface area contributed by atoms with Gasteiger partial charge in [-0.15, -0.1) is 0 Å². The van der Waals surface area contributed by atoms with E-state index in [1.807, 2.05) is 39.0 Å². The first-order chi connectivity index (χ1) is 22.9. The zero-order chi connectivity index (χ0) is 34.1. The van der Waals surface area contributed by atoms with Gasteiger partial charge in [-0.3, -0.25) is 9.59 Å². The lowest BCUT2D eigenvalue weighted by atomic mass is 10.1. The molecule has 0 atom stereocenters. The molecule has 0 bridgehead atoms. The molecule has 0 radical (unpaired) electrons. The van der Waals surface area contributed by atoms with Crippen LogP contribution in [0.5, 0.6) is 11.5 Å². The van der Waals surface area contributed by atoms with Crippen molar-refractivity contribution in [2.75, 3.05) is 26.4 Å². The van der Waals surface area contributed by atoms with Gasteiger partial charge in [0.1, 0.15) is 29.2 Å². The Labute approximate surface area is 291 Å². The number of carbonyl (C=O) groups excluding carboxylic acids is 2. The van der Waals surface area contributed by atoms with Crippen molar-refractivity contribution in [1.82, 2.24) is 0 Å². The fourth-order valence-electron chi connectivity index (χ4n) is 5.31. The summed E-state index contributed by atoms with van der Waals surface area (Å²) in [6, 6.07) is 6.09. The van der Waals surface area contributed by atoms with E-state index in [0.717, 1.165) is 104 Å². The molecule has 8 nitrogen and oxygen atoms in total. The Morgan fingerprint density at radius 2 is 1.06 bits per heavy atom. The van der Waals surface area contributed by atoms with Crippen molar-refractivity contribution >= 4 is 35.5 Å². The molecule has 1 aromatic rings. The maximum absolute atomic E-state index is 11.4. The summed E-state index contributed by atoms with van der Waals surface area (Å²) in [5, 5.41) is 19.0. The molecule has 47 heavy (non-hydrogen) atoms. The summed E-state index contributed by atoms with van der Waals surface area (Å²) in [7, 11) is 0. The van der Waals surface area contributed by atoms with Crippen molar-refractivity contribution in [2.24, 2.45) is 0 Å². The number of thioether (sulfide) groups is 2. The third-order valence-corrected chi connectivity index (χ3v) is 10.4. The highest BCUT2D eigenvalue weighted by atomic mass is 32.2. The zero-order valence-electron chi connectivity index (χ0n) is 28.8. The summed E-state index contributed by atoms with van der Waals surface area (Å²) in [6.45, 7) is 7.84. The van der Waals surface area contributed by atoms with Crippen molar-refractivity contribution in [1.29, 1.82) is 10.5 Å². The molecule has 260 valence electrons. The van der Waals surface area contributed by atoms with Crippen LogP contribution >= 0.6 is 23.5 Å². The van der Waals surface area contributed by atoms with E-state index >= 15 is 0 Å². The Kier molecular flexibility index (Phi) is 21.7. The summed E-state index contributed by atoms with van der Waals surface area (Å²) >= 11 is 2.86. The summed E-state index contributed by atoms with van der Waals surface area (Å²) in [6.07, 6.45) is 18.5. The predicted molar refractivity (Wildman–Crippen MR) is 189 cm³/mol. The lowest BCUT2D eigenvalue weighted by Gasteiger charge is -2.16. The highest BCUT2D eigenvalue weighted by Crippen LogP contribution is 2.59. The molecule has 1 aliphatic rings. The van der Waals surface area contributed by atoms with E-state index in [1.165, 1.54) is 49.2 Å². The van der Waals surface area contributed by atoms with Gasteiger partial charge in [0, 0.05) is 12.8 Å². The molecule has 0 aliphatic carbocycles. The van der Waals surface area contributed by atoms with Crippen LogP contribution in [0.3, 0.4) is 0 Å². The molecule has 0 fully saturated rings. The number of unbranched alkanes of at least 4 members (excludes halogenated alkanes) is 14. The first-order valence-corrected chi connectivity index (χ1v) is 19.2. The highest BCUT2D eigenvalue weighted by molar-refractivity contribution is 8.24. The van der Waals surface area contributed by atoms with Crippen LogP contribution in [0.1, 0.15) is 135 Å². The molecule has 0 aromatic heterocycles. The first kappa shape index (κ1) is 40.4. The lowest BCUT2D eigenvalue weighted by Crippen LogP contribution is -2.03. The Morgan fingerprint density at radius 1 is 0.638 bits per heavy atom. The number of nitrogens with zero attached hydrogens (tertiary/aromatic N) is 2. The van der Waals surface area contributed by atoms with Gasteiger partial charge in [0.05, 0.1) is 40.5 Å². The first-order valence-electron chi connectivity index (χ1n) is 17.6. The third kappa shape index (κ3) is 16.2. The highest BCUT2D eigenvalue weighted by Gasteiger charge is 2.30. The van der Waals surface area contributed by atoms with Gasteiger partial charge in [0.25, 0.3) is 0 Å². The number of carbonyl (C=O) groups is 2. The van der Waals surface area contributed by atoms with E-state index in [4.69, 9.17) is 18.9 Å². The second kappa shape index (κ2) is 25.2. The molecule has 0 saturated carbocycles. The Hall–Kier alpha value is -2.82. The van der Waals surface area contributed by atoms with Crippen LogP contribution in [0.4, 0.5) is 0 Å². The normalized spacial score (nSPS) is 11.8. The van der Waals surface area contributed by atoms with Gasteiger partial charge in [0.2, 0.25) is 0 Å². The smallest absolute Gasteiger partial charge is 0.305 e. The fourth-order valence-corrected chi connectivity index (χ4v) is 7.89. The minimum Gasteiger partial charge on any atom is -0.492 e. The van der Waals surface area contributed by atoms with Crippen LogP contribution in [0.15, 0.2) is 25.7 Å². The van der Waals surface area contributed by atoms with Crippen LogP contribution in [-0.4, -0.2) is 38.4 Å². The molecular formula is C37H54N2O6S2. The molecule has 0 unspecified atom stereocenters. The van der Waals surface area contributed by atoms with Crippen LogP contribution in [0.2, 0.25) is 0 Å². The number of rotatable bonds is 26. The number of fused-ring (bicyclic) bond motifs is 1. The summed E-state index contributed by atoms with van der Waals surface area (Å²) in [5.74, 6) is 1.42. The van der Waals surface area contributed by atoms with Crippen molar-refractivity contribution in [3.8, 4) is 23.6 Å². The van der Waals surface area contributed by atoms with E-state index < -0.39 is 0 Å². The standard InChI is InChI=1S/C37H54N2O6S2/c1-4-42-32(40)22-18-14-10-6-8-12-16-20-24-44-31-26-29(3)34(36-35(31)46-37(47-36)30(27-38)28-39)45-25-21-17-13-9-7-11-15-19-23-33(41)43-5-2/h26H,4-25H2,1-3H3. The van der Waals surface area contributed by atoms with Gasteiger partial charge in [-0.25, -0.2) is 0 Å². The number of allylic oxidation sites excluding steroid dienone is 1. The van der Waals surface area contributed by atoms with E-state index in [-0.39, 0.29) is 17.5 Å². The number of nitriles is 2. The summed E-state index contributed by atoms with van der Waals surface area (Å²) < 4.78 is 23.2. The van der Waals surface area contributed by atoms with Gasteiger partial charge in [0.15, 0.2) is 0 Å². The van der Waals surface area contributed by atoms with Crippen molar-refractivity contribution in [2.45, 2.75) is 146 Å². The SMILES string of the molecule is CCOC(=O)CCCCCCCCCCOc1cc(C)c(OCCCCCCCCCCC(=O)OCC)c2c1SC(=C(C#N)C#N)S2. The zero-order valence-corrected chi connectivity index (χ0v) is 30.4. The average Bonchev–Trinajstić information content (AvgIpc) is 3.49. The van der Waals surface area contributed by atoms with E-state index in [1.54, 1.807) is 0 Å². The maximum atomic E-state index is 11.4. The molecule has 1 heterocycles. The second-order valence-corrected chi connectivity index (χ2v) is 14.0. The van der Waals surface area contributed by atoms with Gasteiger partial charge in [-0.05, 0) is 58.1 Å². The lowest BCUT2D eigenvalue weighted by molar-refractivity contribution is -0.144. The molecular weight excluding hydrogens is 633 g/mol. The van der Waals surface area contributed by atoms with Crippen molar-refractivity contribution in [3.05, 3.63) is 21.4 Å². The summed E-state index contributed by atoms with van der Waals surface area (Å²) in [4.78, 5) is 24.7. The quantitative estimate of drug-likeness (QED) is 0.0529. The van der Waals surface area contributed by atoms with Crippen LogP contribution in [-0.2, 0) is 19.1 Å². The molecule has 2 rings (SSSR count). The molecule has 10 heteroatoms. The average molecular weight is 687 g/mol. The third-order valence-electron chi connectivity index (χ3n) is 7.82. The summed E-state index contributed by atoms with van der Waals surface area (Å²) in [5.41, 5.74) is 1.11. The minimum atomic E-state index is -0.0922. The van der Waals surface area contributed by atoms with Crippen molar-refractivity contribution < 1.29 is 28.5 Å². The number of esters is 2. The number of ether oxygens (including phenoxy) is 4. The van der Waals surface area contributed by atoms with Crippen molar-refractivity contribution in [3.63, 3.8) is 0 Å². The molecule has 1 aliphatic heterocycles. The Balaban J connectivity index is 1.75. The van der Waals surface area contributed by atoms with E-state index in [2.05, 4.69) is 0 Å². The molecule has 0 saturated heterocycles.